The van der Waals surface area contributed by atoms with Crippen molar-refractivity contribution in [2.24, 2.45) is 18.1 Å². The summed E-state index contributed by atoms with van der Waals surface area (Å²) in [5, 5.41) is 14.8. The first-order valence-corrected chi connectivity index (χ1v) is 9.01. The number of aromatic nitrogens is 4. The standard InChI is InChI=1S/C18H21N7O4/c1-11(2)8-9-24-14-15(23(3)18(27)21-16(14)26)20-17(24)22-19-10-12-4-6-13(7-5-12)25(28)29/h4-7,10-11H,8-9H2,1-3H3,(H,20,22)(H,21,26,27)/b19-10+. The maximum absolute atomic E-state index is 12.4. The predicted octanol–water partition coefficient (Wildman–Crippen LogP) is 1.82. The third-order valence-electron chi connectivity index (χ3n) is 4.42. The molecule has 29 heavy (non-hydrogen) atoms. The zero-order valence-electron chi connectivity index (χ0n) is 16.2. The molecule has 3 aromatic rings. The van der Waals surface area contributed by atoms with Crippen molar-refractivity contribution >= 4 is 29.0 Å². The largest absolute Gasteiger partial charge is 0.329 e. The topological polar surface area (TPSA) is 140 Å². The highest BCUT2D eigenvalue weighted by Gasteiger charge is 2.17. The van der Waals surface area contributed by atoms with E-state index < -0.39 is 16.2 Å². The fourth-order valence-corrected chi connectivity index (χ4v) is 2.77. The van der Waals surface area contributed by atoms with Crippen molar-refractivity contribution in [3.63, 3.8) is 0 Å². The van der Waals surface area contributed by atoms with E-state index in [1.807, 2.05) is 0 Å². The molecule has 0 spiro atoms. The molecule has 11 heteroatoms. The molecule has 152 valence electrons. The van der Waals surface area contributed by atoms with E-state index in [1.54, 1.807) is 16.7 Å². The Hall–Kier alpha value is -3.76. The molecule has 3 rings (SSSR count). The number of imidazole rings is 1. The number of anilines is 1. The van der Waals surface area contributed by atoms with Gasteiger partial charge in [-0.2, -0.15) is 10.1 Å². The lowest BCUT2D eigenvalue weighted by atomic mass is 10.1. The second-order valence-electron chi connectivity index (χ2n) is 6.98. The van der Waals surface area contributed by atoms with Crippen LogP contribution in [0.4, 0.5) is 11.6 Å². The first kappa shape index (κ1) is 20.0. The van der Waals surface area contributed by atoms with Crippen molar-refractivity contribution < 1.29 is 4.92 Å². The maximum atomic E-state index is 12.4. The zero-order valence-corrected chi connectivity index (χ0v) is 16.2. The van der Waals surface area contributed by atoms with Gasteiger partial charge in [-0.1, -0.05) is 13.8 Å². The summed E-state index contributed by atoms with van der Waals surface area (Å²) in [6.45, 7) is 4.66. The van der Waals surface area contributed by atoms with Crippen LogP contribution in [0, 0.1) is 16.0 Å². The van der Waals surface area contributed by atoms with Gasteiger partial charge in [-0.3, -0.25) is 24.5 Å². The maximum Gasteiger partial charge on any atom is 0.329 e. The van der Waals surface area contributed by atoms with Gasteiger partial charge in [-0.15, -0.1) is 0 Å². The number of aromatic amines is 1. The fourth-order valence-electron chi connectivity index (χ4n) is 2.77. The van der Waals surface area contributed by atoms with Gasteiger partial charge < -0.3 is 4.57 Å². The van der Waals surface area contributed by atoms with Crippen LogP contribution in [0.1, 0.15) is 25.8 Å². The van der Waals surface area contributed by atoms with Crippen LogP contribution < -0.4 is 16.7 Å². The minimum absolute atomic E-state index is 0.00858. The van der Waals surface area contributed by atoms with Crippen molar-refractivity contribution in [2.75, 3.05) is 5.43 Å². The van der Waals surface area contributed by atoms with E-state index in [1.165, 1.54) is 30.0 Å². The number of benzene rings is 1. The third kappa shape index (κ3) is 4.23. The molecule has 0 saturated heterocycles. The van der Waals surface area contributed by atoms with E-state index >= 15 is 0 Å². The molecule has 0 aliphatic rings. The van der Waals surface area contributed by atoms with Crippen LogP contribution in [0.25, 0.3) is 11.2 Å². The van der Waals surface area contributed by atoms with Crippen LogP contribution in [-0.2, 0) is 13.6 Å². The van der Waals surface area contributed by atoms with E-state index in [0.717, 1.165) is 6.42 Å². The van der Waals surface area contributed by atoms with Crippen molar-refractivity contribution in [3.8, 4) is 0 Å². The van der Waals surface area contributed by atoms with E-state index in [4.69, 9.17) is 0 Å². The molecule has 0 bridgehead atoms. The summed E-state index contributed by atoms with van der Waals surface area (Å²) in [4.78, 5) is 41.1. The molecule has 0 aliphatic heterocycles. The normalized spacial score (nSPS) is 11.6. The Balaban J connectivity index is 1.95. The Kier molecular flexibility index (Phi) is 5.57. The summed E-state index contributed by atoms with van der Waals surface area (Å²) < 4.78 is 2.97. The molecule has 2 aromatic heterocycles. The lowest BCUT2D eigenvalue weighted by molar-refractivity contribution is -0.384. The Morgan fingerprint density at radius 2 is 2.00 bits per heavy atom. The van der Waals surface area contributed by atoms with Crippen LogP contribution in [-0.4, -0.2) is 30.2 Å². The number of nitrogens with zero attached hydrogens (tertiary/aromatic N) is 5. The number of fused-ring (bicyclic) bond motifs is 1. The molecular weight excluding hydrogens is 378 g/mol. The molecule has 0 atom stereocenters. The number of nitrogens with one attached hydrogen (secondary N) is 2. The van der Waals surface area contributed by atoms with Gasteiger partial charge in [0.2, 0.25) is 5.95 Å². The van der Waals surface area contributed by atoms with Crippen LogP contribution >= 0.6 is 0 Å². The third-order valence-corrected chi connectivity index (χ3v) is 4.42. The van der Waals surface area contributed by atoms with Gasteiger partial charge >= 0.3 is 5.69 Å². The molecule has 1 aromatic carbocycles. The van der Waals surface area contributed by atoms with Gasteiger partial charge in [0.15, 0.2) is 11.2 Å². The van der Waals surface area contributed by atoms with Crippen LogP contribution in [0.15, 0.2) is 39.0 Å². The van der Waals surface area contributed by atoms with E-state index in [0.29, 0.717) is 29.5 Å². The highest BCUT2D eigenvalue weighted by Crippen LogP contribution is 2.17. The molecule has 0 aliphatic carbocycles. The quantitative estimate of drug-likeness (QED) is 0.353. The van der Waals surface area contributed by atoms with Gasteiger partial charge in [0.05, 0.1) is 11.1 Å². The molecule has 11 nitrogen and oxygen atoms in total. The zero-order chi connectivity index (χ0) is 21.1. The molecule has 0 fully saturated rings. The second kappa shape index (κ2) is 8.09. The number of rotatable bonds is 7. The number of nitro groups is 1. The molecule has 0 amide bonds. The number of aryl methyl sites for hydroxylation is 2. The summed E-state index contributed by atoms with van der Waals surface area (Å²) in [5.74, 6) is 0.723. The molecule has 0 radical (unpaired) electrons. The SMILES string of the molecule is CC(C)CCn1c(N/N=C/c2ccc([N+](=O)[O-])cc2)nc2c1c(=O)[nH]c(=O)n2C. The number of nitro benzene ring substituents is 1. The van der Waals surface area contributed by atoms with Crippen molar-refractivity contribution in [2.45, 2.75) is 26.8 Å². The molecule has 0 saturated carbocycles. The van der Waals surface area contributed by atoms with Gasteiger partial charge in [0.25, 0.3) is 11.2 Å². The van der Waals surface area contributed by atoms with E-state index in [-0.39, 0.29) is 11.3 Å². The molecule has 2 heterocycles. The summed E-state index contributed by atoms with van der Waals surface area (Å²) in [6.07, 6.45) is 2.29. The van der Waals surface area contributed by atoms with E-state index in [2.05, 4.69) is 34.3 Å². The molecular formula is C18H21N7O4. The Labute approximate surface area is 164 Å². The summed E-state index contributed by atoms with van der Waals surface area (Å²) in [5.41, 5.74) is 2.95. The first-order chi connectivity index (χ1) is 13.8. The van der Waals surface area contributed by atoms with Crippen molar-refractivity contribution in [3.05, 3.63) is 60.8 Å². The number of hydrogen-bond acceptors (Lipinski definition) is 7. The lowest BCUT2D eigenvalue weighted by Crippen LogP contribution is -2.29. The Bertz CT molecular complexity index is 1190. The van der Waals surface area contributed by atoms with Gasteiger partial charge in [-0.05, 0) is 30.0 Å². The summed E-state index contributed by atoms with van der Waals surface area (Å²) >= 11 is 0. The number of hydrogen-bond donors (Lipinski definition) is 2. The Morgan fingerprint density at radius 3 is 2.62 bits per heavy atom. The lowest BCUT2D eigenvalue weighted by Gasteiger charge is -2.09. The molecule has 2 N–H and O–H groups in total. The average molecular weight is 399 g/mol. The monoisotopic (exact) mass is 399 g/mol. The van der Waals surface area contributed by atoms with E-state index in [9.17, 15) is 19.7 Å². The number of hydrazone groups is 1. The fraction of sp³-hybridized carbons (Fsp3) is 0.333. The first-order valence-electron chi connectivity index (χ1n) is 9.01. The van der Waals surface area contributed by atoms with Crippen LogP contribution in [0.5, 0.6) is 0 Å². The van der Waals surface area contributed by atoms with Crippen molar-refractivity contribution in [1.82, 2.24) is 19.1 Å². The predicted molar refractivity (Wildman–Crippen MR) is 109 cm³/mol. The number of non-ortho nitro benzene ring substituents is 1. The van der Waals surface area contributed by atoms with Gasteiger partial charge in [0.1, 0.15) is 0 Å². The summed E-state index contributed by atoms with van der Waals surface area (Å²) in [6, 6.07) is 5.90. The smallest absolute Gasteiger partial charge is 0.303 e. The van der Waals surface area contributed by atoms with Crippen molar-refractivity contribution in [1.29, 1.82) is 0 Å². The minimum atomic E-state index is -0.544. The number of H-pyrrole nitrogens is 1. The van der Waals surface area contributed by atoms with Crippen LogP contribution in [0.3, 0.4) is 0 Å². The summed E-state index contributed by atoms with van der Waals surface area (Å²) in [7, 11) is 1.53. The van der Waals surface area contributed by atoms with Gasteiger partial charge in [0, 0.05) is 25.7 Å². The molecule has 0 unspecified atom stereocenters. The second-order valence-corrected chi connectivity index (χ2v) is 6.98. The highest BCUT2D eigenvalue weighted by molar-refractivity contribution is 5.81. The Morgan fingerprint density at radius 1 is 1.31 bits per heavy atom. The highest BCUT2D eigenvalue weighted by atomic mass is 16.6. The minimum Gasteiger partial charge on any atom is -0.303 e. The van der Waals surface area contributed by atoms with Gasteiger partial charge in [-0.25, -0.2) is 10.2 Å². The average Bonchev–Trinajstić information content (AvgIpc) is 3.04. The van der Waals surface area contributed by atoms with Crippen LogP contribution in [0.2, 0.25) is 0 Å².